The molecule has 0 bridgehead atoms. The summed E-state index contributed by atoms with van der Waals surface area (Å²) in [6, 6.07) is 12.5. The Hall–Kier alpha value is -3.48. The highest BCUT2D eigenvalue weighted by Crippen LogP contribution is 2.35. The Morgan fingerprint density at radius 2 is 1.62 bits per heavy atom. The average molecular weight is 439 g/mol. The van der Waals surface area contributed by atoms with Crippen molar-refractivity contribution < 1.29 is 23.8 Å². The Balaban J connectivity index is 2.05. The molecular formula is C25H30N2O5. The van der Waals surface area contributed by atoms with Gasteiger partial charge in [0.1, 0.15) is 22.9 Å². The fourth-order valence-corrected chi connectivity index (χ4v) is 3.47. The minimum atomic E-state index is -0.366. The number of benzene rings is 2. The maximum Gasteiger partial charge on any atom is 0.278 e. The second-order valence-electron chi connectivity index (χ2n) is 7.93. The minimum Gasteiger partial charge on any atom is -0.497 e. The van der Waals surface area contributed by atoms with Crippen LogP contribution in [0.5, 0.6) is 17.2 Å². The third-order valence-electron chi connectivity index (χ3n) is 5.00. The van der Waals surface area contributed by atoms with Crippen LogP contribution in [0.15, 0.2) is 48.2 Å². The van der Waals surface area contributed by atoms with Crippen LogP contribution in [0.4, 0.5) is 5.69 Å². The molecule has 170 valence electrons. The predicted molar refractivity (Wildman–Crippen MR) is 124 cm³/mol. The number of hydrogen-bond donors (Lipinski definition) is 1. The van der Waals surface area contributed by atoms with Crippen molar-refractivity contribution in [3.05, 3.63) is 53.7 Å². The average Bonchev–Trinajstić information content (AvgIpc) is 3.01. The highest BCUT2D eigenvalue weighted by Gasteiger charge is 2.39. The summed E-state index contributed by atoms with van der Waals surface area (Å²) in [5, 5.41) is 3.15. The van der Waals surface area contributed by atoms with Crippen molar-refractivity contribution in [2.24, 2.45) is 5.92 Å². The van der Waals surface area contributed by atoms with Gasteiger partial charge >= 0.3 is 0 Å². The number of carbonyl (C=O) groups excluding carboxylic acids is 2. The maximum absolute atomic E-state index is 13.3. The van der Waals surface area contributed by atoms with Crippen LogP contribution in [0.25, 0.3) is 5.57 Å². The maximum atomic E-state index is 13.3. The molecule has 0 saturated heterocycles. The van der Waals surface area contributed by atoms with Gasteiger partial charge in [0.15, 0.2) is 0 Å². The molecule has 0 radical (unpaired) electrons. The van der Waals surface area contributed by atoms with E-state index in [1.165, 1.54) is 4.90 Å². The normalized spacial score (nSPS) is 13.8. The molecule has 0 unspecified atom stereocenters. The standard InChI is InChI=1S/C25H30N2O5/c1-6-13-32-18-9-7-17(8-10-18)22-23(25(29)27(24(22)28)15-16(2)3)26-20-14-19(30-4)11-12-21(20)31-5/h7-12,14,16,26H,6,13,15H2,1-5H3. The number of anilines is 1. The molecule has 0 spiro atoms. The zero-order valence-electron chi connectivity index (χ0n) is 19.2. The number of hydrogen-bond acceptors (Lipinski definition) is 6. The van der Waals surface area contributed by atoms with Gasteiger partial charge in [-0.1, -0.05) is 32.9 Å². The van der Waals surface area contributed by atoms with Crippen molar-refractivity contribution in [3.63, 3.8) is 0 Å². The third-order valence-corrected chi connectivity index (χ3v) is 5.00. The molecule has 7 heteroatoms. The van der Waals surface area contributed by atoms with Crippen molar-refractivity contribution in [1.82, 2.24) is 4.90 Å². The smallest absolute Gasteiger partial charge is 0.278 e. The first-order valence-corrected chi connectivity index (χ1v) is 10.7. The molecule has 1 heterocycles. The number of amides is 2. The molecule has 0 aliphatic carbocycles. The van der Waals surface area contributed by atoms with E-state index in [-0.39, 0.29) is 23.4 Å². The van der Waals surface area contributed by atoms with Crippen molar-refractivity contribution in [3.8, 4) is 17.2 Å². The lowest BCUT2D eigenvalue weighted by Crippen LogP contribution is -2.35. The third kappa shape index (κ3) is 4.88. The molecule has 1 N–H and O–H groups in total. The van der Waals surface area contributed by atoms with Crippen LogP contribution in [0.3, 0.4) is 0 Å². The van der Waals surface area contributed by atoms with Crippen molar-refractivity contribution in [1.29, 1.82) is 0 Å². The summed E-state index contributed by atoms with van der Waals surface area (Å²) in [7, 11) is 3.11. The van der Waals surface area contributed by atoms with Crippen LogP contribution in [-0.2, 0) is 9.59 Å². The van der Waals surface area contributed by atoms with E-state index in [0.29, 0.717) is 41.5 Å². The van der Waals surface area contributed by atoms with Crippen molar-refractivity contribution in [2.75, 3.05) is 32.7 Å². The summed E-state index contributed by atoms with van der Waals surface area (Å²) >= 11 is 0. The van der Waals surface area contributed by atoms with Crippen molar-refractivity contribution >= 4 is 23.1 Å². The van der Waals surface area contributed by atoms with Gasteiger partial charge in [-0.2, -0.15) is 0 Å². The van der Waals surface area contributed by atoms with Gasteiger partial charge < -0.3 is 19.5 Å². The first kappa shape index (κ1) is 23.2. The first-order valence-electron chi connectivity index (χ1n) is 10.7. The van der Waals surface area contributed by atoms with E-state index in [2.05, 4.69) is 5.32 Å². The summed E-state index contributed by atoms with van der Waals surface area (Å²) in [4.78, 5) is 27.9. The summed E-state index contributed by atoms with van der Waals surface area (Å²) in [6.45, 7) is 6.92. The zero-order chi connectivity index (χ0) is 23.3. The Bertz CT molecular complexity index is 1010. The Morgan fingerprint density at radius 1 is 0.938 bits per heavy atom. The zero-order valence-corrected chi connectivity index (χ0v) is 19.2. The number of ether oxygens (including phenoxy) is 3. The van der Waals surface area contributed by atoms with E-state index >= 15 is 0 Å². The number of imide groups is 1. The Morgan fingerprint density at radius 3 is 2.22 bits per heavy atom. The number of methoxy groups -OCH3 is 2. The van der Waals surface area contributed by atoms with E-state index in [1.807, 2.05) is 32.9 Å². The molecule has 2 amide bonds. The van der Waals surface area contributed by atoms with Crippen LogP contribution >= 0.6 is 0 Å². The summed E-state index contributed by atoms with van der Waals surface area (Å²) < 4.78 is 16.4. The van der Waals surface area contributed by atoms with Gasteiger partial charge in [0, 0.05) is 12.6 Å². The molecule has 0 saturated carbocycles. The minimum absolute atomic E-state index is 0.139. The number of carbonyl (C=O) groups is 2. The SMILES string of the molecule is CCCOc1ccc(C2=C(Nc3cc(OC)ccc3OC)C(=O)N(CC(C)C)C2=O)cc1. The van der Waals surface area contributed by atoms with E-state index < -0.39 is 0 Å². The molecule has 0 aromatic heterocycles. The Kier molecular flexibility index (Phi) is 7.41. The highest BCUT2D eigenvalue weighted by atomic mass is 16.5. The van der Waals surface area contributed by atoms with Gasteiger partial charge in [-0.15, -0.1) is 0 Å². The number of nitrogens with one attached hydrogen (secondary N) is 1. The van der Waals surface area contributed by atoms with Crippen LogP contribution < -0.4 is 19.5 Å². The van der Waals surface area contributed by atoms with Crippen molar-refractivity contribution in [2.45, 2.75) is 27.2 Å². The van der Waals surface area contributed by atoms with E-state index in [1.54, 1.807) is 44.6 Å². The molecule has 32 heavy (non-hydrogen) atoms. The fourth-order valence-electron chi connectivity index (χ4n) is 3.47. The van der Waals surface area contributed by atoms with Crippen LogP contribution in [-0.4, -0.2) is 44.1 Å². The lowest BCUT2D eigenvalue weighted by atomic mass is 10.0. The van der Waals surface area contributed by atoms with Gasteiger partial charge in [0.05, 0.1) is 32.1 Å². The quantitative estimate of drug-likeness (QED) is 0.556. The van der Waals surface area contributed by atoms with E-state index in [9.17, 15) is 9.59 Å². The van der Waals surface area contributed by atoms with Gasteiger partial charge in [-0.25, -0.2) is 0 Å². The van der Waals surface area contributed by atoms with Crippen LogP contribution in [0, 0.1) is 5.92 Å². The summed E-state index contributed by atoms with van der Waals surface area (Å²) in [6.07, 6.45) is 0.903. The lowest BCUT2D eigenvalue weighted by Gasteiger charge is -2.18. The number of nitrogens with zero attached hydrogens (tertiary/aromatic N) is 1. The first-order chi connectivity index (χ1) is 15.4. The van der Waals surface area contributed by atoms with Gasteiger partial charge in [-0.05, 0) is 42.2 Å². The molecule has 0 atom stereocenters. The Labute approximate surface area is 189 Å². The highest BCUT2D eigenvalue weighted by molar-refractivity contribution is 6.36. The fraction of sp³-hybridized carbons (Fsp3) is 0.360. The van der Waals surface area contributed by atoms with Gasteiger partial charge in [-0.3, -0.25) is 14.5 Å². The monoisotopic (exact) mass is 438 g/mol. The van der Waals surface area contributed by atoms with Gasteiger partial charge in [0.25, 0.3) is 11.8 Å². The van der Waals surface area contributed by atoms with Crippen LogP contribution in [0.2, 0.25) is 0 Å². The topological polar surface area (TPSA) is 77.1 Å². The molecule has 1 aliphatic heterocycles. The largest absolute Gasteiger partial charge is 0.497 e. The van der Waals surface area contributed by atoms with Gasteiger partial charge in [0.2, 0.25) is 0 Å². The molecule has 0 fully saturated rings. The summed E-state index contributed by atoms with van der Waals surface area (Å²) in [5.74, 6) is 1.30. The van der Waals surface area contributed by atoms with Crippen LogP contribution in [0.1, 0.15) is 32.8 Å². The second kappa shape index (κ2) is 10.2. The molecule has 2 aromatic rings. The molecule has 2 aromatic carbocycles. The molecular weight excluding hydrogens is 408 g/mol. The lowest BCUT2D eigenvalue weighted by molar-refractivity contribution is -0.137. The second-order valence-corrected chi connectivity index (χ2v) is 7.93. The van der Waals surface area contributed by atoms with E-state index in [4.69, 9.17) is 14.2 Å². The predicted octanol–water partition coefficient (Wildman–Crippen LogP) is 4.34. The van der Waals surface area contributed by atoms with E-state index in [0.717, 1.165) is 12.2 Å². The number of rotatable bonds is 10. The molecule has 3 rings (SSSR count). The summed E-state index contributed by atoms with van der Waals surface area (Å²) in [5.41, 5.74) is 1.71. The molecule has 7 nitrogen and oxygen atoms in total. The molecule has 1 aliphatic rings.